The second-order valence-corrected chi connectivity index (χ2v) is 12.1. The van der Waals surface area contributed by atoms with Crippen molar-refractivity contribution in [3.05, 3.63) is 83.4 Å². The third-order valence-corrected chi connectivity index (χ3v) is 6.93. The van der Waals surface area contributed by atoms with Crippen LogP contribution in [0.5, 0.6) is 0 Å². The van der Waals surface area contributed by atoms with Crippen LogP contribution < -0.4 is 5.32 Å². The van der Waals surface area contributed by atoms with Gasteiger partial charge in [-0.3, -0.25) is 4.79 Å². The lowest BCUT2D eigenvalue weighted by molar-refractivity contribution is 0.0443. The van der Waals surface area contributed by atoms with Crippen molar-refractivity contribution in [3.8, 4) is 22.8 Å². The molecule has 1 atom stereocenters. The molecule has 0 aliphatic heterocycles. The van der Waals surface area contributed by atoms with E-state index >= 15 is 0 Å². The number of benzene rings is 2. The zero-order valence-corrected chi connectivity index (χ0v) is 26.5. The Bertz CT molecular complexity index is 1630. The van der Waals surface area contributed by atoms with Crippen molar-refractivity contribution in [2.75, 3.05) is 13.1 Å². The average Bonchev–Trinajstić information content (AvgIpc) is 3.67. The summed E-state index contributed by atoms with van der Waals surface area (Å²) in [7, 11) is 0. The van der Waals surface area contributed by atoms with E-state index in [1.165, 1.54) is 12.3 Å². The SMILES string of the molecule is CCCN(CCC)C(=O)c1cc(-c2nnc([C@@](C)(Cc3ccccc3)NC(=O)OC(C)(C)C)o2)cc(-c2occc2C(=O)O)c1. The highest BCUT2D eigenvalue weighted by Gasteiger charge is 2.37. The molecule has 11 heteroatoms. The molecule has 2 aromatic heterocycles. The van der Waals surface area contributed by atoms with Crippen LogP contribution in [0.15, 0.2) is 69.7 Å². The maximum atomic E-state index is 13.7. The van der Waals surface area contributed by atoms with E-state index in [1.54, 1.807) is 50.8 Å². The molecule has 2 amide bonds. The van der Waals surface area contributed by atoms with E-state index in [0.29, 0.717) is 36.2 Å². The van der Waals surface area contributed by atoms with E-state index in [2.05, 4.69) is 15.5 Å². The first-order chi connectivity index (χ1) is 21.3. The van der Waals surface area contributed by atoms with Crippen molar-refractivity contribution in [1.82, 2.24) is 20.4 Å². The summed E-state index contributed by atoms with van der Waals surface area (Å²) in [5.74, 6) is -1.09. The minimum atomic E-state index is -1.17. The minimum absolute atomic E-state index is 0.0484. The van der Waals surface area contributed by atoms with Gasteiger partial charge in [-0.25, -0.2) is 9.59 Å². The second kappa shape index (κ2) is 13.8. The van der Waals surface area contributed by atoms with Crippen LogP contribution in [0.1, 0.15) is 86.6 Å². The molecule has 0 spiro atoms. The Morgan fingerprint density at radius 1 is 0.933 bits per heavy atom. The standard InChI is InChI=1S/C34H40N4O7/c1-7-15-38(16-8-2)29(39)25-19-23(27-26(30(40)41)14-17-43-27)18-24(20-25)28-36-37-31(44-28)34(6,21-22-12-10-9-11-13-22)35-32(42)45-33(3,4)5/h9-14,17-20H,7-8,15-16,21H2,1-6H3,(H,35,42)(H,40,41)/t34-/m1/s1. The summed E-state index contributed by atoms with van der Waals surface area (Å²) in [4.78, 5) is 40.3. The summed E-state index contributed by atoms with van der Waals surface area (Å²) in [6, 6.07) is 15.8. The Morgan fingerprint density at radius 2 is 1.60 bits per heavy atom. The lowest BCUT2D eigenvalue weighted by Gasteiger charge is -2.29. The first kappa shape index (κ1) is 33.0. The van der Waals surface area contributed by atoms with Crippen LogP contribution in [0.25, 0.3) is 22.8 Å². The number of ether oxygens (including phenoxy) is 1. The zero-order valence-electron chi connectivity index (χ0n) is 26.5. The number of hydrogen-bond donors (Lipinski definition) is 2. The molecule has 11 nitrogen and oxygen atoms in total. The van der Waals surface area contributed by atoms with Gasteiger partial charge in [-0.1, -0.05) is 44.2 Å². The van der Waals surface area contributed by atoms with Gasteiger partial charge in [-0.2, -0.15) is 0 Å². The first-order valence-electron chi connectivity index (χ1n) is 15.0. The summed E-state index contributed by atoms with van der Waals surface area (Å²) in [6.07, 6.45) is 2.50. The van der Waals surface area contributed by atoms with E-state index in [0.717, 1.165) is 18.4 Å². The molecule has 4 aromatic rings. The number of carbonyl (C=O) groups is 3. The number of furan rings is 1. The topological polar surface area (TPSA) is 148 Å². The Kier molecular flexibility index (Phi) is 10.1. The fraction of sp³-hybridized carbons (Fsp3) is 0.382. The van der Waals surface area contributed by atoms with Crippen molar-refractivity contribution >= 4 is 18.0 Å². The van der Waals surface area contributed by atoms with E-state index in [1.807, 2.05) is 44.2 Å². The molecule has 238 valence electrons. The third-order valence-electron chi connectivity index (χ3n) is 6.93. The third kappa shape index (κ3) is 8.17. The number of nitrogens with zero attached hydrogens (tertiary/aromatic N) is 3. The molecule has 0 unspecified atom stereocenters. The van der Waals surface area contributed by atoms with Gasteiger partial charge in [0.1, 0.15) is 22.5 Å². The largest absolute Gasteiger partial charge is 0.478 e. The number of aromatic nitrogens is 2. The van der Waals surface area contributed by atoms with E-state index in [9.17, 15) is 19.5 Å². The molecule has 45 heavy (non-hydrogen) atoms. The molecule has 2 aromatic carbocycles. The van der Waals surface area contributed by atoms with E-state index in [-0.39, 0.29) is 29.0 Å². The molecule has 0 bridgehead atoms. The molecular weight excluding hydrogens is 576 g/mol. The summed E-state index contributed by atoms with van der Waals surface area (Å²) < 4.78 is 17.3. The van der Waals surface area contributed by atoms with Gasteiger partial charge in [0.2, 0.25) is 11.8 Å². The van der Waals surface area contributed by atoms with Gasteiger partial charge in [-0.05, 0) is 70.4 Å². The Morgan fingerprint density at radius 3 is 2.22 bits per heavy atom. The number of rotatable bonds is 12. The van der Waals surface area contributed by atoms with Crippen LogP contribution in [0.4, 0.5) is 4.79 Å². The van der Waals surface area contributed by atoms with Gasteiger partial charge in [-0.15, -0.1) is 10.2 Å². The highest BCUT2D eigenvalue weighted by atomic mass is 16.6. The normalized spacial score (nSPS) is 12.8. The van der Waals surface area contributed by atoms with Crippen molar-refractivity contribution < 1.29 is 33.1 Å². The zero-order chi connectivity index (χ0) is 32.8. The maximum Gasteiger partial charge on any atom is 0.408 e. The van der Waals surface area contributed by atoms with Crippen LogP contribution in [0, 0.1) is 0 Å². The highest BCUT2D eigenvalue weighted by Crippen LogP contribution is 2.33. The molecule has 0 fully saturated rings. The van der Waals surface area contributed by atoms with Crippen LogP contribution in [-0.2, 0) is 16.7 Å². The summed E-state index contributed by atoms with van der Waals surface area (Å²) in [5, 5.41) is 21.3. The van der Waals surface area contributed by atoms with Gasteiger partial charge in [0.05, 0.1) is 6.26 Å². The number of hydrogen-bond acceptors (Lipinski definition) is 8. The fourth-order valence-electron chi connectivity index (χ4n) is 5.01. The molecule has 2 N–H and O–H groups in total. The number of alkyl carbamates (subject to hydrolysis) is 1. The molecule has 0 saturated carbocycles. The smallest absolute Gasteiger partial charge is 0.408 e. The van der Waals surface area contributed by atoms with Gasteiger partial charge in [0.15, 0.2) is 0 Å². The van der Waals surface area contributed by atoms with Crippen molar-refractivity contribution in [1.29, 1.82) is 0 Å². The van der Waals surface area contributed by atoms with Gasteiger partial charge >= 0.3 is 12.1 Å². The molecule has 0 aliphatic carbocycles. The second-order valence-electron chi connectivity index (χ2n) is 12.1. The summed E-state index contributed by atoms with van der Waals surface area (Å²) >= 11 is 0. The molecule has 0 radical (unpaired) electrons. The number of carbonyl (C=O) groups excluding carboxylic acids is 2. The highest BCUT2D eigenvalue weighted by molar-refractivity contribution is 5.99. The first-order valence-corrected chi connectivity index (χ1v) is 15.0. The van der Waals surface area contributed by atoms with Gasteiger partial charge < -0.3 is 28.9 Å². The van der Waals surface area contributed by atoms with Crippen LogP contribution in [0.2, 0.25) is 0 Å². The van der Waals surface area contributed by atoms with Crippen LogP contribution in [-0.4, -0.2) is 56.9 Å². The van der Waals surface area contributed by atoms with E-state index in [4.69, 9.17) is 13.6 Å². The van der Waals surface area contributed by atoms with Gasteiger partial charge in [0.25, 0.3) is 5.91 Å². The quantitative estimate of drug-likeness (QED) is 0.173. The monoisotopic (exact) mass is 616 g/mol. The van der Waals surface area contributed by atoms with Crippen molar-refractivity contribution in [2.24, 2.45) is 0 Å². The van der Waals surface area contributed by atoms with E-state index < -0.39 is 23.2 Å². The molecule has 4 rings (SSSR count). The number of carboxylic acid groups (broad SMARTS) is 1. The Balaban J connectivity index is 1.81. The average molecular weight is 617 g/mol. The fourth-order valence-corrected chi connectivity index (χ4v) is 5.01. The molecular formula is C34H40N4O7. The maximum absolute atomic E-state index is 13.7. The summed E-state index contributed by atoms with van der Waals surface area (Å²) in [6.45, 7) is 12.2. The number of carboxylic acids is 1. The van der Waals surface area contributed by atoms with Gasteiger partial charge in [0, 0.05) is 36.2 Å². The van der Waals surface area contributed by atoms with Crippen LogP contribution >= 0.6 is 0 Å². The number of aromatic carboxylic acids is 1. The van der Waals surface area contributed by atoms with Crippen molar-refractivity contribution in [2.45, 2.75) is 71.9 Å². The Labute approximate surface area is 262 Å². The predicted molar refractivity (Wildman–Crippen MR) is 168 cm³/mol. The summed E-state index contributed by atoms with van der Waals surface area (Å²) in [5.41, 5.74) is 0.0344. The number of nitrogens with one attached hydrogen (secondary N) is 1. The number of amides is 2. The molecule has 0 saturated heterocycles. The molecule has 0 aliphatic rings. The predicted octanol–water partition coefficient (Wildman–Crippen LogP) is 6.94. The van der Waals surface area contributed by atoms with Crippen LogP contribution in [0.3, 0.4) is 0 Å². The lowest BCUT2D eigenvalue weighted by atomic mass is 9.92. The Hall–Kier alpha value is -4.93. The van der Waals surface area contributed by atoms with Crippen molar-refractivity contribution in [3.63, 3.8) is 0 Å². The minimum Gasteiger partial charge on any atom is -0.478 e. The molecule has 2 heterocycles. The lowest BCUT2D eigenvalue weighted by Crippen LogP contribution is -2.47.